The molecule has 7 nitrogen and oxygen atoms in total. The summed E-state index contributed by atoms with van der Waals surface area (Å²) >= 11 is 1.64. The number of nitrogens with one attached hydrogen (secondary N) is 2. The van der Waals surface area contributed by atoms with Gasteiger partial charge in [0.1, 0.15) is 0 Å². The molecule has 150 valence electrons. The van der Waals surface area contributed by atoms with Gasteiger partial charge in [0, 0.05) is 27.8 Å². The van der Waals surface area contributed by atoms with Crippen LogP contribution in [0.3, 0.4) is 0 Å². The van der Waals surface area contributed by atoms with Gasteiger partial charge in [0.2, 0.25) is 5.95 Å². The highest BCUT2D eigenvalue weighted by atomic mass is 32.2. The number of anilines is 2. The Morgan fingerprint density at radius 2 is 1.86 bits per heavy atom. The molecule has 1 amide bonds. The average molecular weight is 429 g/mol. The van der Waals surface area contributed by atoms with Crippen molar-refractivity contribution in [1.29, 1.82) is 0 Å². The quantitative estimate of drug-likeness (QED) is 0.644. The van der Waals surface area contributed by atoms with Gasteiger partial charge in [-0.3, -0.25) is 4.79 Å². The van der Waals surface area contributed by atoms with E-state index in [2.05, 4.69) is 20.0 Å². The van der Waals surface area contributed by atoms with Crippen LogP contribution in [0.4, 0.5) is 11.6 Å². The maximum Gasteiger partial charge on any atom is 0.264 e. The van der Waals surface area contributed by atoms with Gasteiger partial charge in [0.05, 0.1) is 10.5 Å². The number of fused-ring (bicyclic) bond motifs is 1. The predicted octanol–water partition coefficient (Wildman–Crippen LogP) is 3.78. The van der Waals surface area contributed by atoms with Crippen molar-refractivity contribution in [2.75, 3.05) is 10.0 Å². The van der Waals surface area contributed by atoms with Gasteiger partial charge in [-0.1, -0.05) is 0 Å². The SMILES string of the molecule is Cc1ccnc(NS(=O)(=O)c2ccc(NC(=O)c3csc4c3CCCC4)cc2)n1. The van der Waals surface area contributed by atoms with Crippen LogP contribution < -0.4 is 10.0 Å². The van der Waals surface area contributed by atoms with E-state index in [0.717, 1.165) is 30.4 Å². The van der Waals surface area contributed by atoms with E-state index < -0.39 is 10.0 Å². The van der Waals surface area contributed by atoms with Gasteiger partial charge >= 0.3 is 0 Å². The summed E-state index contributed by atoms with van der Waals surface area (Å²) in [5, 5.41) is 4.77. The Kier molecular flexibility index (Phi) is 5.33. The van der Waals surface area contributed by atoms with Crippen LogP contribution in [0.5, 0.6) is 0 Å². The molecule has 4 rings (SSSR count). The molecule has 2 N–H and O–H groups in total. The number of hydrogen-bond donors (Lipinski definition) is 2. The molecule has 2 aromatic heterocycles. The van der Waals surface area contributed by atoms with Crippen molar-refractivity contribution in [2.24, 2.45) is 0 Å². The third-order valence-corrected chi connectivity index (χ3v) is 7.18. The van der Waals surface area contributed by atoms with Crippen molar-refractivity contribution < 1.29 is 13.2 Å². The fourth-order valence-electron chi connectivity index (χ4n) is 3.28. The molecule has 0 fully saturated rings. The predicted molar refractivity (Wildman–Crippen MR) is 113 cm³/mol. The number of amides is 1. The van der Waals surface area contributed by atoms with Gasteiger partial charge in [0.15, 0.2) is 0 Å². The summed E-state index contributed by atoms with van der Waals surface area (Å²) < 4.78 is 27.4. The van der Waals surface area contributed by atoms with E-state index in [0.29, 0.717) is 11.4 Å². The third kappa shape index (κ3) is 4.30. The van der Waals surface area contributed by atoms with E-state index >= 15 is 0 Å². The number of nitrogens with zero attached hydrogens (tertiary/aromatic N) is 2. The molecule has 0 spiro atoms. The molecule has 1 aromatic carbocycles. The van der Waals surface area contributed by atoms with Crippen molar-refractivity contribution in [1.82, 2.24) is 9.97 Å². The molecule has 0 radical (unpaired) electrons. The topological polar surface area (TPSA) is 101 Å². The summed E-state index contributed by atoms with van der Waals surface area (Å²) in [6, 6.07) is 7.71. The Bertz CT molecular complexity index is 1150. The fraction of sp³-hybridized carbons (Fsp3) is 0.250. The molecule has 2 heterocycles. The highest BCUT2D eigenvalue weighted by Gasteiger charge is 2.21. The second-order valence-electron chi connectivity index (χ2n) is 6.86. The zero-order valence-electron chi connectivity index (χ0n) is 15.8. The number of benzene rings is 1. The van der Waals surface area contributed by atoms with E-state index in [-0.39, 0.29) is 16.8 Å². The number of aryl methyl sites for hydroxylation is 2. The Morgan fingerprint density at radius 1 is 1.10 bits per heavy atom. The summed E-state index contributed by atoms with van der Waals surface area (Å²) in [5.74, 6) is -0.143. The van der Waals surface area contributed by atoms with Gasteiger partial charge < -0.3 is 5.32 Å². The standard InChI is InChI=1S/C20H20N4O3S2/c1-13-10-11-21-20(22-13)24-29(26,27)15-8-6-14(7-9-15)23-19(25)17-12-28-18-5-3-2-4-16(17)18/h6-12H,2-5H2,1H3,(H,23,25)(H,21,22,24). The maximum atomic E-state index is 12.7. The molecule has 0 aliphatic heterocycles. The van der Waals surface area contributed by atoms with E-state index in [4.69, 9.17) is 0 Å². The molecule has 1 aliphatic rings. The fourth-order valence-corrected chi connectivity index (χ4v) is 5.35. The minimum atomic E-state index is -3.82. The van der Waals surface area contributed by atoms with Crippen LogP contribution in [0.15, 0.2) is 46.8 Å². The lowest BCUT2D eigenvalue weighted by Crippen LogP contribution is -2.16. The molecular weight excluding hydrogens is 408 g/mol. The monoisotopic (exact) mass is 428 g/mol. The van der Waals surface area contributed by atoms with Gasteiger partial charge in [-0.05, 0) is 68.5 Å². The zero-order valence-corrected chi connectivity index (χ0v) is 17.4. The minimum Gasteiger partial charge on any atom is -0.322 e. The smallest absolute Gasteiger partial charge is 0.264 e. The van der Waals surface area contributed by atoms with Gasteiger partial charge in [0.25, 0.3) is 15.9 Å². The van der Waals surface area contributed by atoms with E-state index in [1.54, 1.807) is 36.5 Å². The van der Waals surface area contributed by atoms with Gasteiger partial charge in [-0.2, -0.15) is 0 Å². The van der Waals surface area contributed by atoms with Crippen LogP contribution in [-0.2, 0) is 22.9 Å². The first kappa shape index (κ1) is 19.5. The van der Waals surface area contributed by atoms with Crippen LogP contribution in [0.25, 0.3) is 0 Å². The van der Waals surface area contributed by atoms with Crippen LogP contribution in [0.2, 0.25) is 0 Å². The summed E-state index contributed by atoms with van der Waals surface area (Å²) in [4.78, 5) is 22.0. The Hall–Kier alpha value is -2.78. The highest BCUT2D eigenvalue weighted by molar-refractivity contribution is 7.92. The van der Waals surface area contributed by atoms with E-state index in [9.17, 15) is 13.2 Å². The first-order valence-corrected chi connectivity index (χ1v) is 11.6. The second-order valence-corrected chi connectivity index (χ2v) is 9.51. The number of hydrogen-bond acceptors (Lipinski definition) is 6. The van der Waals surface area contributed by atoms with Gasteiger partial charge in [-0.15, -0.1) is 11.3 Å². The highest BCUT2D eigenvalue weighted by Crippen LogP contribution is 2.30. The lowest BCUT2D eigenvalue weighted by atomic mass is 9.95. The molecule has 0 unspecified atom stereocenters. The van der Waals surface area contributed by atoms with Crippen LogP contribution in [-0.4, -0.2) is 24.3 Å². The van der Waals surface area contributed by atoms with Crippen molar-refractivity contribution in [3.8, 4) is 0 Å². The number of aromatic nitrogens is 2. The first-order chi connectivity index (χ1) is 13.9. The molecule has 9 heteroatoms. The second kappa shape index (κ2) is 7.92. The summed E-state index contributed by atoms with van der Waals surface area (Å²) in [6.07, 6.45) is 5.74. The van der Waals surface area contributed by atoms with Crippen LogP contribution >= 0.6 is 11.3 Å². The van der Waals surface area contributed by atoms with Crippen LogP contribution in [0.1, 0.15) is 39.3 Å². The largest absolute Gasteiger partial charge is 0.322 e. The maximum absolute atomic E-state index is 12.7. The summed E-state index contributed by atoms with van der Waals surface area (Å²) in [5.41, 5.74) is 3.07. The number of sulfonamides is 1. The van der Waals surface area contributed by atoms with Crippen molar-refractivity contribution in [3.63, 3.8) is 0 Å². The molecule has 3 aromatic rings. The van der Waals surface area contributed by atoms with Crippen LogP contribution in [0, 0.1) is 6.92 Å². The number of carbonyl (C=O) groups excluding carboxylic acids is 1. The molecule has 1 aliphatic carbocycles. The minimum absolute atomic E-state index is 0.0182. The summed E-state index contributed by atoms with van der Waals surface area (Å²) in [7, 11) is -3.82. The van der Waals surface area contributed by atoms with Crippen molar-refractivity contribution in [2.45, 2.75) is 37.5 Å². The summed E-state index contributed by atoms with van der Waals surface area (Å²) in [6.45, 7) is 1.75. The zero-order chi connectivity index (χ0) is 20.4. The number of thiophene rings is 1. The molecule has 0 atom stereocenters. The lowest BCUT2D eigenvalue weighted by Gasteiger charge is -2.13. The first-order valence-electron chi connectivity index (χ1n) is 9.25. The molecule has 0 bridgehead atoms. The van der Waals surface area contributed by atoms with E-state index in [1.165, 1.54) is 29.6 Å². The number of rotatable bonds is 5. The average Bonchev–Trinajstić information content (AvgIpc) is 3.12. The Labute approximate surface area is 173 Å². The Balaban J connectivity index is 1.47. The molecule has 0 saturated heterocycles. The van der Waals surface area contributed by atoms with Crippen molar-refractivity contribution in [3.05, 3.63) is 63.6 Å². The molecule has 29 heavy (non-hydrogen) atoms. The molecular formula is C20H20N4O3S2. The normalized spacial score (nSPS) is 13.6. The number of carbonyl (C=O) groups is 1. The lowest BCUT2D eigenvalue weighted by molar-refractivity contribution is 0.102. The molecule has 0 saturated carbocycles. The Morgan fingerprint density at radius 3 is 2.62 bits per heavy atom. The van der Waals surface area contributed by atoms with Crippen molar-refractivity contribution >= 4 is 38.9 Å². The van der Waals surface area contributed by atoms with Gasteiger partial charge in [-0.25, -0.2) is 23.1 Å². The van der Waals surface area contributed by atoms with E-state index in [1.807, 2.05) is 5.38 Å². The third-order valence-electron chi connectivity index (χ3n) is 4.75.